The van der Waals surface area contributed by atoms with E-state index in [4.69, 9.17) is 0 Å². The van der Waals surface area contributed by atoms with Crippen LogP contribution in [0.25, 0.3) is 0 Å². The fourth-order valence-corrected chi connectivity index (χ4v) is 8.63. The van der Waals surface area contributed by atoms with Crippen LogP contribution in [-0.4, -0.2) is 52.7 Å². The van der Waals surface area contributed by atoms with E-state index in [9.17, 15) is 44.5 Å². The molecule has 3 fully saturated rings. The molecule has 0 unspecified atom stereocenters. The highest BCUT2D eigenvalue weighted by Crippen LogP contribution is 2.64. The van der Waals surface area contributed by atoms with Crippen molar-refractivity contribution in [2.24, 2.45) is 29.1 Å². The molecule has 14 heteroatoms. The standard InChI is InChI=1S/C35H31N5O9/c1-35-25(32(43)38(34(35)45)19-9-5-4-6-10-19)17-24-22(29(35)18-8-7-11-21(41)14-18)12-13-23-28(24)33(44)37(31(23)42)20-15-26(39(46)47)30(36(2)3)27(16-20)40(48)49/h4-12,14-16,23-25,28-29,41H,13,17H2,1-3H3/t23-,24+,25-,28-,29-,35+/m0/s1. The molecule has 0 bridgehead atoms. The predicted octanol–water partition coefficient (Wildman–Crippen LogP) is 4.71. The number of carbonyl (C=O) groups excluding carboxylic acids is 4. The van der Waals surface area contributed by atoms with Crippen LogP contribution in [0.5, 0.6) is 5.75 Å². The molecule has 2 aliphatic carbocycles. The topological polar surface area (TPSA) is 185 Å². The van der Waals surface area contributed by atoms with Gasteiger partial charge in [0, 0.05) is 32.1 Å². The van der Waals surface area contributed by atoms with Crippen LogP contribution in [0.15, 0.2) is 78.4 Å². The number of aromatic hydroxyl groups is 1. The van der Waals surface area contributed by atoms with Gasteiger partial charge in [0.15, 0.2) is 5.69 Å². The van der Waals surface area contributed by atoms with Crippen molar-refractivity contribution in [3.63, 3.8) is 0 Å². The van der Waals surface area contributed by atoms with Crippen molar-refractivity contribution < 1.29 is 34.1 Å². The van der Waals surface area contributed by atoms with E-state index in [1.165, 1.54) is 36.0 Å². The fourth-order valence-electron chi connectivity index (χ4n) is 8.63. The zero-order valence-electron chi connectivity index (χ0n) is 26.7. The Morgan fingerprint density at radius 1 is 0.816 bits per heavy atom. The number of allylic oxidation sites excluding steroid dienone is 2. The number of benzene rings is 3. The highest BCUT2D eigenvalue weighted by molar-refractivity contribution is 6.25. The van der Waals surface area contributed by atoms with E-state index >= 15 is 0 Å². The number of hydrogen-bond acceptors (Lipinski definition) is 10. The molecular weight excluding hydrogens is 634 g/mol. The number of para-hydroxylation sites is 1. The second kappa shape index (κ2) is 11.1. The molecule has 7 rings (SSSR count). The van der Waals surface area contributed by atoms with Crippen LogP contribution in [0, 0.1) is 49.3 Å². The largest absolute Gasteiger partial charge is 0.508 e. The Balaban J connectivity index is 1.36. The van der Waals surface area contributed by atoms with Gasteiger partial charge in [-0.3, -0.25) is 39.4 Å². The first-order valence-electron chi connectivity index (χ1n) is 15.7. The molecule has 3 aromatic rings. The Morgan fingerprint density at radius 3 is 2.06 bits per heavy atom. The number of nitrogens with zero attached hydrogens (tertiary/aromatic N) is 5. The number of nitro groups is 2. The number of hydrogen-bond donors (Lipinski definition) is 1. The van der Waals surface area contributed by atoms with Gasteiger partial charge in [0.2, 0.25) is 23.6 Å². The summed E-state index contributed by atoms with van der Waals surface area (Å²) in [6, 6.07) is 16.9. The molecule has 0 spiro atoms. The summed E-state index contributed by atoms with van der Waals surface area (Å²) >= 11 is 0. The lowest BCUT2D eigenvalue weighted by molar-refractivity contribution is -0.392. The van der Waals surface area contributed by atoms with Crippen LogP contribution >= 0.6 is 0 Å². The quantitative estimate of drug-likeness (QED) is 0.167. The van der Waals surface area contributed by atoms with Crippen molar-refractivity contribution in [2.45, 2.75) is 25.7 Å². The minimum Gasteiger partial charge on any atom is -0.508 e. The van der Waals surface area contributed by atoms with Crippen molar-refractivity contribution in [1.29, 1.82) is 0 Å². The fraction of sp³-hybridized carbons (Fsp3) is 0.314. The number of amides is 4. The summed E-state index contributed by atoms with van der Waals surface area (Å²) < 4.78 is 0. The Labute approximate surface area is 279 Å². The normalized spacial score (nSPS) is 27.4. The van der Waals surface area contributed by atoms with Crippen LogP contribution in [0.4, 0.5) is 28.4 Å². The van der Waals surface area contributed by atoms with E-state index in [-0.39, 0.29) is 30.0 Å². The predicted molar refractivity (Wildman–Crippen MR) is 176 cm³/mol. The maximum atomic E-state index is 14.4. The average molecular weight is 666 g/mol. The van der Waals surface area contributed by atoms with Gasteiger partial charge >= 0.3 is 11.4 Å². The molecule has 4 aliphatic rings. The van der Waals surface area contributed by atoms with Gasteiger partial charge in [-0.15, -0.1) is 0 Å². The number of imide groups is 2. The molecule has 49 heavy (non-hydrogen) atoms. The van der Waals surface area contributed by atoms with Crippen molar-refractivity contribution in [1.82, 2.24) is 0 Å². The molecule has 2 saturated heterocycles. The SMILES string of the molecule is CN(C)c1c([N+](=O)[O-])cc(N2C(=O)[C@H]3[C@H](CC=C4[C@H]3C[C@H]3C(=O)N(c5ccccc5)C(=O)[C@@]3(C)[C@H]4c3cccc(O)c3)C2=O)cc1[N+](=O)[O-]. The molecule has 2 heterocycles. The third-order valence-electron chi connectivity index (χ3n) is 10.6. The van der Waals surface area contributed by atoms with E-state index in [1.54, 1.807) is 49.4 Å². The molecule has 1 saturated carbocycles. The monoisotopic (exact) mass is 665 g/mol. The molecule has 4 amide bonds. The number of carbonyl (C=O) groups is 4. The van der Waals surface area contributed by atoms with Gasteiger partial charge in [0.25, 0.3) is 0 Å². The summed E-state index contributed by atoms with van der Waals surface area (Å²) in [6.45, 7) is 1.73. The summed E-state index contributed by atoms with van der Waals surface area (Å²) in [6.07, 6.45) is 2.00. The van der Waals surface area contributed by atoms with Crippen LogP contribution < -0.4 is 14.7 Å². The highest BCUT2D eigenvalue weighted by atomic mass is 16.6. The zero-order valence-corrected chi connectivity index (χ0v) is 26.7. The van der Waals surface area contributed by atoms with Crippen molar-refractivity contribution in [3.05, 3.63) is 104 Å². The smallest absolute Gasteiger partial charge is 0.301 e. The molecule has 14 nitrogen and oxygen atoms in total. The second-order valence-electron chi connectivity index (χ2n) is 13.3. The second-order valence-corrected chi connectivity index (χ2v) is 13.3. The Morgan fingerprint density at radius 2 is 1.47 bits per heavy atom. The molecule has 250 valence electrons. The first-order valence-corrected chi connectivity index (χ1v) is 15.7. The molecule has 6 atom stereocenters. The van der Waals surface area contributed by atoms with Gasteiger partial charge in [-0.2, -0.15) is 0 Å². The van der Waals surface area contributed by atoms with E-state index in [0.29, 0.717) is 16.8 Å². The van der Waals surface area contributed by atoms with Gasteiger partial charge in [0.05, 0.1) is 44.4 Å². The third-order valence-corrected chi connectivity index (χ3v) is 10.6. The van der Waals surface area contributed by atoms with Gasteiger partial charge in [-0.05, 0) is 55.5 Å². The summed E-state index contributed by atoms with van der Waals surface area (Å²) in [7, 11) is 2.83. The Bertz CT molecular complexity index is 1990. The van der Waals surface area contributed by atoms with Crippen molar-refractivity contribution in [3.8, 4) is 5.75 Å². The summed E-state index contributed by atoms with van der Waals surface area (Å²) in [4.78, 5) is 82.8. The summed E-state index contributed by atoms with van der Waals surface area (Å²) in [5.74, 6) is -6.49. The molecule has 2 aliphatic heterocycles. The van der Waals surface area contributed by atoms with Crippen LogP contribution in [0.2, 0.25) is 0 Å². The number of anilines is 3. The van der Waals surface area contributed by atoms with Crippen molar-refractivity contribution in [2.75, 3.05) is 28.8 Å². The lowest BCUT2D eigenvalue weighted by atomic mass is 9.51. The van der Waals surface area contributed by atoms with E-state index < -0.39 is 79.9 Å². The summed E-state index contributed by atoms with van der Waals surface area (Å²) in [5, 5.41) is 34.6. The molecule has 0 aromatic heterocycles. The minimum atomic E-state index is -1.30. The molecule has 1 N–H and O–H groups in total. The Kier molecular flexibility index (Phi) is 7.16. The number of rotatable bonds is 6. The van der Waals surface area contributed by atoms with Crippen molar-refractivity contribution >= 4 is 52.1 Å². The first-order chi connectivity index (χ1) is 23.3. The number of phenols is 1. The number of nitro benzene ring substituents is 2. The van der Waals surface area contributed by atoms with E-state index in [2.05, 4.69) is 0 Å². The first kappa shape index (κ1) is 31.7. The molecular formula is C35H31N5O9. The lowest BCUT2D eigenvalue weighted by Crippen LogP contribution is -2.48. The number of fused-ring (bicyclic) bond motifs is 4. The Hall–Kier alpha value is -5.92. The lowest BCUT2D eigenvalue weighted by Gasteiger charge is -2.49. The number of phenolic OH excluding ortho intramolecular Hbond substituents is 1. The van der Waals surface area contributed by atoms with Gasteiger partial charge in [-0.25, -0.2) is 9.80 Å². The maximum Gasteiger partial charge on any atom is 0.301 e. The van der Waals surface area contributed by atoms with Gasteiger partial charge in [-0.1, -0.05) is 42.0 Å². The molecule has 3 aromatic carbocycles. The van der Waals surface area contributed by atoms with E-state index in [0.717, 1.165) is 17.0 Å². The summed E-state index contributed by atoms with van der Waals surface area (Å²) in [5.41, 5.74) is -1.50. The third kappa shape index (κ3) is 4.46. The molecule has 0 radical (unpaired) electrons. The zero-order chi connectivity index (χ0) is 35.1. The van der Waals surface area contributed by atoms with Crippen LogP contribution in [0.3, 0.4) is 0 Å². The van der Waals surface area contributed by atoms with Crippen LogP contribution in [-0.2, 0) is 19.2 Å². The highest BCUT2D eigenvalue weighted by Gasteiger charge is 2.67. The minimum absolute atomic E-state index is 0.0478. The average Bonchev–Trinajstić information content (AvgIpc) is 3.43. The maximum absolute atomic E-state index is 14.4. The van der Waals surface area contributed by atoms with Gasteiger partial charge < -0.3 is 10.0 Å². The van der Waals surface area contributed by atoms with Crippen LogP contribution in [0.1, 0.15) is 31.2 Å². The van der Waals surface area contributed by atoms with E-state index in [1.807, 2.05) is 6.08 Å². The van der Waals surface area contributed by atoms with Gasteiger partial charge in [0.1, 0.15) is 5.75 Å².